The highest BCUT2D eigenvalue weighted by atomic mass is 16.5. The van der Waals surface area contributed by atoms with Gasteiger partial charge < -0.3 is 4.74 Å². The van der Waals surface area contributed by atoms with Crippen LogP contribution >= 0.6 is 0 Å². The first-order valence-electron chi connectivity index (χ1n) is 6.87. The predicted molar refractivity (Wildman–Crippen MR) is 74.4 cm³/mol. The number of pyridine rings is 1. The summed E-state index contributed by atoms with van der Waals surface area (Å²) < 4.78 is 6.89. The quantitative estimate of drug-likeness (QED) is 0.802. The standard InChI is InChI=1S/C15H17N3O2/c1-3-20-15(19)11-6-7-12(13-8-9-16-18(13)2)17-14(11)10-4-5-10/h6-10H,3-5H2,1-2H3. The average molecular weight is 271 g/mol. The molecule has 0 unspecified atom stereocenters. The predicted octanol–water partition coefficient (Wildman–Crippen LogP) is 2.54. The molecular formula is C15H17N3O2. The zero-order valence-electron chi connectivity index (χ0n) is 11.7. The maximum absolute atomic E-state index is 12.0. The second-order valence-corrected chi connectivity index (χ2v) is 4.96. The maximum Gasteiger partial charge on any atom is 0.339 e. The molecule has 2 heterocycles. The SMILES string of the molecule is CCOC(=O)c1ccc(-c2ccnn2C)nc1C1CC1. The van der Waals surface area contributed by atoms with Crippen LogP contribution in [0, 0.1) is 0 Å². The van der Waals surface area contributed by atoms with Crippen molar-refractivity contribution in [2.45, 2.75) is 25.7 Å². The lowest BCUT2D eigenvalue weighted by Crippen LogP contribution is -2.10. The zero-order chi connectivity index (χ0) is 14.1. The fourth-order valence-corrected chi connectivity index (χ4v) is 2.29. The van der Waals surface area contributed by atoms with Crippen molar-refractivity contribution in [2.75, 3.05) is 6.61 Å². The minimum Gasteiger partial charge on any atom is -0.462 e. The van der Waals surface area contributed by atoms with Gasteiger partial charge in [-0.15, -0.1) is 0 Å². The van der Waals surface area contributed by atoms with Crippen molar-refractivity contribution in [3.05, 3.63) is 35.7 Å². The molecule has 5 nitrogen and oxygen atoms in total. The van der Waals surface area contributed by atoms with Gasteiger partial charge in [0.2, 0.25) is 0 Å². The van der Waals surface area contributed by atoms with Crippen molar-refractivity contribution in [1.82, 2.24) is 14.8 Å². The highest BCUT2D eigenvalue weighted by Crippen LogP contribution is 2.41. The molecule has 2 aromatic rings. The fraction of sp³-hybridized carbons (Fsp3) is 0.400. The summed E-state index contributed by atoms with van der Waals surface area (Å²) >= 11 is 0. The normalized spacial score (nSPS) is 14.3. The van der Waals surface area contributed by atoms with Gasteiger partial charge in [0.15, 0.2) is 0 Å². The van der Waals surface area contributed by atoms with Crippen LogP contribution in [-0.2, 0) is 11.8 Å². The Labute approximate surface area is 117 Å². The molecule has 0 N–H and O–H groups in total. The number of rotatable bonds is 4. The van der Waals surface area contributed by atoms with Gasteiger partial charge in [0.05, 0.1) is 29.3 Å². The van der Waals surface area contributed by atoms with Crippen LogP contribution in [-0.4, -0.2) is 27.3 Å². The van der Waals surface area contributed by atoms with Gasteiger partial charge in [-0.1, -0.05) is 0 Å². The van der Waals surface area contributed by atoms with E-state index in [2.05, 4.69) is 10.1 Å². The molecule has 1 aliphatic carbocycles. The highest BCUT2D eigenvalue weighted by molar-refractivity contribution is 5.91. The van der Waals surface area contributed by atoms with Gasteiger partial charge in [0.25, 0.3) is 0 Å². The third-order valence-corrected chi connectivity index (χ3v) is 3.47. The number of hydrogen-bond acceptors (Lipinski definition) is 4. The smallest absolute Gasteiger partial charge is 0.339 e. The van der Waals surface area contributed by atoms with Crippen LogP contribution < -0.4 is 0 Å². The van der Waals surface area contributed by atoms with Crippen LogP contribution in [0.3, 0.4) is 0 Å². The lowest BCUT2D eigenvalue weighted by Gasteiger charge is -2.09. The van der Waals surface area contributed by atoms with Crippen molar-refractivity contribution < 1.29 is 9.53 Å². The van der Waals surface area contributed by atoms with Crippen LogP contribution in [0.15, 0.2) is 24.4 Å². The maximum atomic E-state index is 12.0. The molecule has 0 bridgehead atoms. The Morgan fingerprint density at radius 3 is 2.80 bits per heavy atom. The van der Waals surface area contributed by atoms with Gasteiger partial charge >= 0.3 is 5.97 Å². The van der Waals surface area contributed by atoms with Gasteiger partial charge in [-0.05, 0) is 38.0 Å². The molecule has 5 heteroatoms. The minimum absolute atomic E-state index is 0.279. The minimum atomic E-state index is -0.279. The molecule has 0 spiro atoms. The highest BCUT2D eigenvalue weighted by Gasteiger charge is 2.30. The second kappa shape index (κ2) is 5.07. The van der Waals surface area contributed by atoms with Crippen molar-refractivity contribution in [3.63, 3.8) is 0 Å². The summed E-state index contributed by atoms with van der Waals surface area (Å²) in [6.07, 6.45) is 3.93. The van der Waals surface area contributed by atoms with E-state index in [0.717, 1.165) is 29.9 Å². The van der Waals surface area contributed by atoms with Crippen molar-refractivity contribution in [1.29, 1.82) is 0 Å². The van der Waals surface area contributed by atoms with Crippen LogP contribution in [0.5, 0.6) is 0 Å². The van der Waals surface area contributed by atoms with Gasteiger partial charge in [-0.3, -0.25) is 9.67 Å². The Bertz CT molecular complexity index is 644. The number of hydrogen-bond donors (Lipinski definition) is 0. The molecule has 0 radical (unpaired) electrons. The monoisotopic (exact) mass is 271 g/mol. The van der Waals surface area contributed by atoms with E-state index in [4.69, 9.17) is 4.74 Å². The van der Waals surface area contributed by atoms with Crippen molar-refractivity contribution in [2.24, 2.45) is 7.05 Å². The number of aryl methyl sites for hydroxylation is 1. The lowest BCUT2D eigenvalue weighted by atomic mass is 10.1. The molecular weight excluding hydrogens is 254 g/mol. The summed E-state index contributed by atoms with van der Waals surface area (Å²) in [6, 6.07) is 5.60. The van der Waals surface area contributed by atoms with Crippen LogP contribution in [0.1, 0.15) is 41.7 Å². The van der Waals surface area contributed by atoms with E-state index < -0.39 is 0 Å². The van der Waals surface area contributed by atoms with E-state index in [1.807, 2.05) is 32.2 Å². The number of carbonyl (C=O) groups excluding carboxylic acids is 1. The molecule has 1 saturated carbocycles. The van der Waals surface area contributed by atoms with E-state index in [-0.39, 0.29) is 5.97 Å². The Kier molecular flexibility index (Phi) is 3.26. The number of ether oxygens (including phenoxy) is 1. The Balaban J connectivity index is 2.02. The Morgan fingerprint density at radius 1 is 1.40 bits per heavy atom. The molecule has 20 heavy (non-hydrogen) atoms. The molecule has 1 fully saturated rings. The molecule has 0 aliphatic heterocycles. The van der Waals surface area contributed by atoms with E-state index in [9.17, 15) is 4.79 Å². The van der Waals surface area contributed by atoms with Gasteiger partial charge in [0, 0.05) is 19.2 Å². The molecule has 0 aromatic carbocycles. The summed E-state index contributed by atoms with van der Waals surface area (Å²) in [6.45, 7) is 2.19. The number of nitrogens with zero attached hydrogens (tertiary/aromatic N) is 3. The first kappa shape index (κ1) is 12.8. The summed E-state index contributed by atoms with van der Waals surface area (Å²) in [5.74, 6) is 0.112. The first-order chi connectivity index (χ1) is 9.70. The van der Waals surface area contributed by atoms with Crippen molar-refractivity contribution >= 4 is 5.97 Å². The molecule has 1 aliphatic rings. The Morgan fingerprint density at radius 2 is 2.20 bits per heavy atom. The van der Waals surface area contributed by atoms with Crippen LogP contribution in [0.4, 0.5) is 0 Å². The topological polar surface area (TPSA) is 57.0 Å². The summed E-state index contributed by atoms with van der Waals surface area (Å²) in [5, 5.41) is 4.16. The summed E-state index contributed by atoms with van der Waals surface area (Å²) in [7, 11) is 1.88. The van der Waals surface area contributed by atoms with Crippen LogP contribution in [0.2, 0.25) is 0 Å². The molecule has 0 saturated heterocycles. The third-order valence-electron chi connectivity index (χ3n) is 3.47. The zero-order valence-corrected chi connectivity index (χ0v) is 11.7. The number of aromatic nitrogens is 3. The summed E-state index contributed by atoms with van der Waals surface area (Å²) in [5.41, 5.74) is 3.25. The van der Waals surface area contributed by atoms with Gasteiger partial charge in [-0.25, -0.2) is 4.79 Å². The molecule has 104 valence electrons. The third kappa shape index (κ3) is 2.31. The van der Waals surface area contributed by atoms with E-state index in [1.165, 1.54) is 0 Å². The fourth-order valence-electron chi connectivity index (χ4n) is 2.29. The second-order valence-electron chi connectivity index (χ2n) is 4.96. The van der Waals surface area contributed by atoms with E-state index in [1.54, 1.807) is 10.9 Å². The van der Waals surface area contributed by atoms with Gasteiger partial charge in [0.1, 0.15) is 0 Å². The van der Waals surface area contributed by atoms with E-state index in [0.29, 0.717) is 18.1 Å². The number of carbonyl (C=O) groups is 1. The largest absolute Gasteiger partial charge is 0.462 e. The molecule has 0 amide bonds. The van der Waals surface area contributed by atoms with Gasteiger partial charge in [-0.2, -0.15) is 5.10 Å². The average Bonchev–Trinajstić information content (AvgIpc) is 3.20. The lowest BCUT2D eigenvalue weighted by molar-refractivity contribution is 0.0524. The summed E-state index contributed by atoms with van der Waals surface area (Å²) in [4.78, 5) is 16.7. The first-order valence-corrected chi connectivity index (χ1v) is 6.87. The molecule has 0 atom stereocenters. The van der Waals surface area contributed by atoms with Crippen molar-refractivity contribution in [3.8, 4) is 11.4 Å². The number of esters is 1. The molecule has 3 rings (SSSR count). The van der Waals surface area contributed by atoms with E-state index >= 15 is 0 Å². The van der Waals surface area contributed by atoms with Crippen LogP contribution in [0.25, 0.3) is 11.4 Å². The molecule has 2 aromatic heterocycles. The Hall–Kier alpha value is -2.17.